The minimum absolute atomic E-state index is 0.0348. The van der Waals surface area contributed by atoms with E-state index in [1.165, 1.54) is 5.56 Å². The summed E-state index contributed by atoms with van der Waals surface area (Å²) >= 11 is 0. The van der Waals surface area contributed by atoms with Gasteiger partial charge in [0.25, 0.3) is 5.91 Å². The lowest BCUT2D eigenvalue weighted by Gasteiger charge is -2.07. The molecule has 0 bridgehead atoms. The van der Waals surface area contributed by atoms with Gasteiger partial charge in [0.05, 0.1) is 0 Å². The highest BCUT2D eigenvalue weighted by molar-refractivity contribution is 5.77. The van der Waals surface area contributed by atoms with Gasteiger partial charge in [0.1, 0.15) is 5.75 Å². The SMILES string of the molecule is CCCc1ccc(OCC(=O)NCCN)cc1. The maximum atomic E-state index is 11.3. The standard InChI is InChI=1S/C13H20N2O2/c1-2-3-11-4-6-12(7-5-11)17-10-13(16)15-9-8-14/h4-7H,2-3,8-10,14H2,1H3,(H,15,16). The predicted molar refractivity (Wildman–Crippen MR) is 68.0 cm³/mol. The van der Waals surface area contributed by atoms with Crippen LogP contribution in [0, 0.1) is 0 Å². The van der Waals surface area contributed by atoms with Crippen LogP contribution in [0.15, 0.2) is 24.3 Å². The maximum Gasteiger partial charge on any atom is 0.257 e. The number of hydrogen-bond donors (Lipinski definition) is 2. The molecule has 94 valence electrons. The van der Waals surface area contributed by atoms with Crippen molar-refractivity contribution in [1.29, 1.82) is 0 Å². The molecular formula is C13H20N2O2. The third kappa shape index (κ3) is 5.36. The Bertz CT molecular complexity index is 336. The van der Waals surface area contributed by atoms with E-state index in [9.17, 15) is 4.79 Å². The number of amides is 1. The van der Waals surface area contributed by atoms with Gasteiger partial charge in [-0.1, -0.05) is 25.5 Å². The first-order chi connectivity index (χ1) is 8.26. The Morgan fingerprint density at radius 3 is 2.65 bits per heavy atom. The Labute approximate surface area is 102 Å². The smallest absolute Gasteiger partial charge is 0.257 e. The maximum absolute atomic E-state index is 11.3. The number of carbonyl (C=O) groups is 1. The van der Waals surface area contributed by atoms with Crippen molar-refractivity contribution in [3.63, 3.8) is 0 Å². The Balaban J connectivity index is 2.34. The molecule has 3 N–H and O–H groups in total. The summed E-state index contributed by atoms with van der Waals surface area (Å²) in [4.78, 5) is 11.3. The monoisotopic (exact) mass is 236 g/mol. The van der Waals surface area contributed by atoms with Gasteiger partial charge < -0.3 is 15.8 Å². The van der Waals surface area contributed by atoms with E-state index in [4.69, 9.17) is 10.5 Å². The summed E-state index contributed by atoms with van der Waals surface area (Å²) in [6, 6.07) is 7.83. The zero-order chi connectivity index (χ0) is 12.5. The summed E-state index contributed by atoms with van der Waals surface area (Å²) in [7, 11) is 0. The van der Waals surface area contributed by atoms with Gasteiger partial charge >= 0.3 is 0 Å². The summed E-state index contributed by atoms with van der Waals surface area (Å²) in [5.74, 6) is 0.570. The third-order valence-electron chi connectivity index (χ3n) is 2.30. The van der Waals surface area contributed by atoms with Crippen molar-refractivity contribution >= 4 is 5.91 Å². The molecule has 0 aromatic heterocycles. The molecule has 4 nitrogen and oxygen atoms in total. The molecule has 0 spiro atoms. The largest absolute Gasteiger partial charge is 0.484 e. The van der Waals surface area contributed by atoms with Crippen molar-refractivity contribution in [2.75, 3.05) is 19.7 Å². The quantitative estimate of drug-likeness (QED) is 0.745. The minimum atomic E-state index is -0.145. The molecule has 0 heterocycles. The van der Waals surface area contributed by atoms with Crippen molar-refractivity contribution in [2.45, 2.75) is 19.8 Å². The van der Waals surface area contributed by atoms with Gasteiger partial charge in [-0.05, 0) is 24.1 Å². The second-order valence-electron chi connectivity index (χ2n) is 3.82. The van der Waals surface area contributed by atoms with Crippen LogP contribution in [0.5, 0.6) is 5.75 Å². The molecule has 1 rings (SSSR count). The van der Waals surface area contributed by atoms with Gasteiger partial charge in [0, 0.05) is 13.1 Å². The fraction of sp³-hybridized carbons (Fsp3) is 0.462. The number of benzene rings is 1. The fourth-order valence-electron chi connectivity index (χ4n) is 1.45. The molecular weight excluding hydrogens is 216 g/mol. The molecule has 1 aromatic rings. The van der Waals surface area contributed by atoms with Crippen molar-refractivity contribution in [3.05, 3.63) is 29.8 Å². The number of nitrogens with one attached hydrogen (secondary N) is 1. The van der Waals surface area contributed by atoms with Crippen molar-refractivity contribution in [1.82, 2.24) is 5.32 Å². The first-order valence-corrected chi connectivity index (χ1v) is 5.94. The van der Waals surface area contributed by atoms with Crippen LogP contribution >= 0.6 is 0 Å². The lowest BCUT2D eigenvalue weighted by atomic mass is 10.1. The summed E-state index contributed by atoms with van der Waals surface area (Å²) in [6.07, 6.45) is 2.19. The Morgan fingerprint density at radius 2 is 2.06 bits per heavy atom. The average molecular weight is 236 g/mol. The van der Waals surface area contributed by atoms with Crippen LogP contribution in [0.1, 0.15) is 18.9 Å². The Hall–Kier alpha value is -1.55. The zero-order valence-electron chi connectivity index (χ0n) is 10.2. The lowest BCUT2D eigenvalue weighted by Crippen LogP contribution is -2.32. The summed E-state index contributed by atoms with van der Waals surface area (Å²) in [5.41, 5.74) is 6.56. The number of hydrogen-bond acceptors (Lipinski definition) is 3. The van der Waals surface area contributed by atoms with Crippen molar-refractivity contribution < 1.29 is 9.53 Å². The van der Waals surface area contributed by atoms with Gasteiger partial charge in [0.2, 0.25) is 0 Å². The van der Waals surface area contributed by atoms with Crippen LogP contribution in [-0.2, 0) is 11.2 Å². The van der Waals surface area contributed by atoms with Crippen molar-refractivity contribution in [3.8, 4) is 5.75 Å². The second kappa shape index (κ2) is 7.68. The van der Waals surface area contributed by atoms with Gasteiger partial charge in [-0.3, -0.25) is 4.79 Å². The second-order valence-corrected chi connectivity index (χ2v) is 3.82. The van der Waals surface area contributed by atoms with E-state index in [0.717, 1.165) is 12.8 Å². The Kier molecular flexibility index (Phi) is 6.10. The van der Waals surface area contributed by atoms with Crippen LogP contribution < -0.4 is 15.8 Å². The van der Waals surface area contributed by atoms with Gasteiger partial charge in [0.15, 0.2) is 6.61 Å². The van der Waals surface area contributed by atoms with E-state index in [1.807, 2.05) is 24.3 Å². The normalized spacial score (nSPS) is 10.0. The van der Waals surface area contributed by atoms with Crippen LogP contribution in [0.2, 0.25) is 0 Å². The summed E-state index contributed by atoms with van der Waals surface area (Å²) < 4.78 is 5.35. The number of rotatable bonds is 7. The minimum Gasteiger partial charge on any atom is -0.484 e. The average Bonchev–Trinajstić information content (AvgIpc) is 2.36. The first kappa shape index (κ1) is 13.5. The number of nitrogens with two attached hydrogens (primary N) is 1. The molecule has 4 heteroatoms. The van der Waals surface area contributed by atoms with E-state index in [-0.39, 0.29) is 12.5 Å². The molecule has 0 unspecified atom stereocenters. The summed E-state index contributed by atoms with van der Waals surface area (Å²) in [6.45, 7) is 3.11. The van der Waals surface area contributed by atoms with E-state index in [0.29, 0.717) is 18.8 Å². The van der Waals surface area contributed by atoms with Crippen LogP contribution in [-0.4, -0.2) is 25.6 Å². The van der Waals surface area contributed by atoms with Crippen LogP contribution in [0.3, 0.4) is 0 Å². The lowest BCUT2D eigenvalue weighted by molar-refractivity contribution is -0.123. The highest BCUT2D eigenvalue weighted by atomic mass is 16.5. The molecule has 0 aliphatic carbocycles. The van der Waals surface area contributed by atoms with E-state index < -0.39 is 0 Å². The van der Waals surface area contributed by atoms with E-state index in [2.05, 4.69) is 12.2 Å². The number of ether oxygens (including phenoxy) is 1. The number of carbonyl (C=O) groups excluding carboxylic acids is 1. The highest BCUT2D eigenvalue weighted by Crippen LogP contribution is 2.13. The molecule has 0 saturated carbocycles. The molecule has 1 amide bonds. The molecule has 0 saturated heterocycles. The van der Waals surface area contributed by atoms with Crippen LogP contribution in [0.4, 0.5) is 0 Å². The predicted octanol–water partition coefficient (Wildman–Crippen LogP) is 1.09. The highest BCUT2D eigenvalue weighted by Gasteiger charge is 2.01. The molecule has 0 fully saturated rings. The van der Waals surface area contributed by atoms with Gasteiger partial charge in [-0.2, -0.15) is 0 Å². The fourth-order valence-corrected chi connectivity index (χ4v) is 1.45. The topological polar surface area (TPSA) is 64.3 Å². The summed E-state index contributed by atoms with van der Waals surface area (Å²) in [5, 5.41) is 2.65. The molecule has 17 heavy (non-hydrogen) atoms. The molecule has 0 aliphatic heterocycles. The van der Waals surface area contributed by atoms with E-state index in [1.54, 1.807) is 0 Å². The first-order valence-electron chi connectivity index (χ1n) is 5.94. The van der Waals surface area contributed by atoms with Gasteiger partial charge in [-0.25, -0.2) is 0 Å². The third-order valence-corrected chi connectivity index (χ3v) is 2.30. The molecule has 0 aliphatic rings. The zero-order valence-corrected chi connectivity index (χ0v) is 10.2. The van der Waals surface area contributed by atoms with E-state index >= 15 is 0 Å². The molecule has 0 atom stereocenters. The molecule has 0 radical (unpaired) electrons. The number of aryl methyl sites for hydroxylation is 1. The Morgan fingerprint density at radius 1 is 1.35 bits per heavy atom. The van der Waals surface area contributed by atoms with Gasteiger partial charge in [-0.15, -0.1) is 0 Å². The van der Waals surface area contributed by atoms with Crippen LogP contribution in [0.25, 0.3) is 0 Å². The molecule has 1 aromatic carbocycles. The van der Waals surface area contributed by atoms with Crippen molar-refractivity contribution in [2.24, 2.45) is 5.73 Å².